The molecule has 1 aromatic heterocycles. The van der Waals surface area contributed by atoms with Crippen LogP contribution < -0.4 is 10.1 Å². The number of halogens is 1. The summed E-state index contributed by atoms with van der Waals surface area (Å²) < 4.78 is 5.00. The number of Topliss-reactive ketones (excluding diaryl/α,β-unsaturated/α-hetero) is 1. The number of benzene rings is 1. The van der Waals surface area contributed by atoms with Gasteiger partial charge in [0.05, 0.1) is 23.6 Å². The maximum atomic E-state index is 12.0. The molecule has 0 unspecified atom stereocenters. The number of aromatic nitrogens is 1. The Kier molecular flexibility index (Phi) is 4.71. The molecule has 2 aromatic rings. The van der Waals surface area contributed by atoms with Gasteiger partial charge in [0.15, 0.2) is 10.9 Å². The highest BCUT2D eigenvalue weighted by Crippen LogP contribution is 2.26. The molecule has 9 heteroatoms. The van der Waals surface area contributed by atoms with E-state index in [1.54, 1.807) is 12.1 Å². The molecule has 0 atom stereocenters. The van der Waals surface area contributed by atoms with Gasteiger partial charge < -0.3 is 10.1 Å². The Hall–Kier alpha value is -2.19. The molecule has 1 aromatic carbocycles. The predicted octanol–water partition coefficient (Wildman–Crippen LogP) is 3.01. The molecule has 0 amide bonds. The third kappa shape index (κ3) is 3.67. The SMILES string of the molecule is COc1ccc(C(=O)CNc2ncc([N+](=O)[O-])s2)cc1Cl. The van der Waals surface area contributed by atoms with Gasteiger partial charge in [0.1, 0.15) is 11.9 Å². The minimum absolute atomic E-state index is 0.0344. The lowest BCUT2D eigenvalue weighted by Gasteiger charge is -2.06. The molecule has 21 heavy (non-hydrogen) atoms. The van der Waals surface area contributed by atoms with E-state index < -0.39 is 4.92 Å². The number of anilines is 1. The molecule has 0 bridgehead atoms. The van der Waals surface area contributed by atoms with Gasteiger partial charge in [0.25, 0.3) is 0 Å². The molecule has 0 saturated heterocycles. The van der Waals surface area contributed by atoms with Gasteiger partial charge in [-0.1, -0.05) is 11.6 Å². The molecule has 0 aliphatic heterocycles. The van der Waals surface area contributed by atoms with Crippen LogP contribution in [0.3, 0.4) is 0 Å². The van der Waals surface area contributed by atoms with Crippen LogP contribution in [0.25, 0.3) is 0 Å². The highest BCUT2D eigenvalue weighted by molar-refractivity contribution is 7.18. The summed E-state index contributed by atoms with van der Waals surface area (Å²) in [6.45, 7) is -0.0344. The number of hydrogen-bond donors (Lipinski definition) is 1. The predicted molar refractivity (Wildman–Crippen MR) is 79.6 cm³/mol. The van der Waals surface area contributed by atoms with Gasteiger partial charge in [0, 0.05) is 5.56 Å². The van der Waals surface area contributed by atoms with Gasteiger partial charge in [-0.05, 0) is 29.5 Å². The van der Waals surface area contributed by atoms with E-state index in [2.05, 4.69) is 10.3 Å². The van der Waals surface area contributed by atoms with E-state index in [4.69, 9.17) is 16.3 Å². The molecule has 1 N–H and O–H groups in total. The van der Waals surface area contributed by atoms with Crippen LogP contribution in [0.2, 0.25) is 5.02 Å². The molecule has 2 rings (SSSR count). The van der Waals surface area contributed by atoms with Crippen molar-refractivity contribution in [3.8, 4) is 5.75 Å². The third-order valence-corrected chi connectivity index (χ3v) is 3.75. The van der Waals surface area contributed by atoms with Crippen molar-refractivity contribution in [1.82, 2.24) is 4.98 Å². The summed E-state index contributed by atoms with van der Waals surface area (Å²) in [5.74, 6) is 0.272. The summed E-state index contributed by atoms with van der Waals surface area (Å²) in [5.41, 5.74) is 0.416. The standard InChI is InChI=1S/C12H10ClN3O4S/c1-20-10-3-2-7(4-8(10)13)9(17)5-14-12-15-6-11(21-12)16(18)19/h2-4,6H,5H2,1H3,(H,14,15). The van der Waals surface area contributed by atoms with Crippen LogP contribution in [0.15, 0.2) is 24.4 Å². The zero-order valence-corrected chi connectivity index (χ0v) is 12.4. The lowest BCUT2D eigenvalue weighted by molar-refractivity contribution is -0.380. The van der Waals surface area contributed by atoms with Crippen molar-refractivity contribution in [1.29, 1.82) is 0 Å². The van der Waals surface area contributed by atoms with E-state index in [1.165, 1.54) is 13.2 Å². The van der Waals surface area contributed by atoms with Gasteiger partial charge in [-0.15, -0.1) is 0 Å². The Morgan fingerprint density at radius 1 is 1.57 bits per heavy atom. The summed E-state index contributed by atoms with van der Waals surface area (Å²) in [7, 11) is 1.49. The summed E-state index contributed by atoms with van der Waals surface area (Å²) in [4.78, 5) is 25.8. The number of carbonyl (C=O) groups excluding carboxylic acids is 1. The van der Waals surface area contributed by atoms with Crippen LogP contribution in [0.1, 0.15) is 10.4 Å². The van der Waals surface area contributed by atoms with Crippen LogP contribution in [0.5, 0.6) is 5.75 Å². The quantitative estimate of drug-likeness (QED) is 0.498. The van der Waals surface area contributed by atoms with Crippen molar-refractivity contribution in [2.45, 2.75) is 0 Å². The van der Waals surface area contributed by atoms with E-state index in [0.717, 1.165) is 17.5 Å². The number of nitrogens with zero attached hydrogens (tertiary/aromatic N) is 2. The summed E-state index contributed by atoms with van der Waals surface area (Å²) in [5, 5.41) is 13.8. The van der Waals surface area contributed by atoms with E-state index in [0.29, 0.717) is 21.5 Å². The molecule has 0 fully saturated rings. The van der Waals surface area contributed by atoms with Crippen molar-refractivity contribution >= 4 is 38.9 Å². The highest BCUT2D eigenvalue weighted by Gasteiger charge is 2.13. The van der Waals surface area contributed by atoms with E-state index in [1.807, 2.05) is 0 Å². The topological polar surface area (TPSA) is 94.4 Å². The number of ketones is 1. The Morgan fingerprint density at radius 3 is 2.90 bits per heavy atom. The normalized spacial score (nSPS) is 10.2. The summed E-state index contributed by atoms with van der Waals surface area (Å²) >= 11 is 6.81. The monoisotopic (exact) mass is 327 g/mol. The van der Waals surface area contributed by atoms with E-state index in [9.17, 15) is 14.9 Å². The molecule has 1 heterocycles. The van der Waals surface area contributed by atoms with Crippen molar-refractivity contribution in [3.63, 3.8) is 0 Å². The summed E-state index contributed by atoms with van der Waals surface area (Å²) in [6.07, 6.45) is 1.14. The number of rotatable bonds is 6. The van der Waals surface area contributed by atoms with Gasteiger partial charge >= 0.3 is 5.00 Å². The van der Waals surface area contributed by atoms with Crippen LogP contribution in [-0.4, -0.2) is 29.3 Å². The highest BCUT2D eigenvalue weighted by atomic mass is 35.5. The minimum Gasteiger partial charge on any atom is -0.495 e. The number of carbonyl (C=O) groups is 1. The first kappa shape index (κ1) is 15.2. The van der Waals surface area contributed by atoms with E-state index in [-0.39, 0.29) is 17.3 Å². The Labute approximate surface area is 128 Å². The Bertz CT molecular complexity index is 689. The zero-order chi connectivity index (χ0) is 15.4. The second-order valence-electron chi connectivity index (χ2n) is 3.89. The zero-order valence-electron chi connectivity index (χ0n) is 10.8. The maximum Gasteiger partial charge on any atom is 0.345 e. The molecule has 7 nitrogen and oxygen atoms in total. The number of hydrogen-bond acceptors (Lipinski definition) is 7. The number of methoxy groups -OCH3 is 1. The molecule has 0 saturated carbocycles. The van der Waals surface area contributed by atoms with E-state index >= 15 is 0 Å². The van der Waals surface area contributed by atoms with Gasteiger partial charge in [-0.25, -0.2) is 4.98 Å². The molecule has 0 radical (unpaired) electrons. The number of ether oxygens (including phenoxy) is 1. The smallest absolute Gasteiger partial charge is 0.345 e. The molecular weight excluding hydrogens is 318 g/mol. The summed E-state index contributed by atoms with van der Waals surface area (Å²) in [6, 6.07) is 4.71. The lowest BCUT2D eigenvalue weighted by Crippen LogP contribution is -2.13. The molecule has 0 aliphatic carbocycles. The van der Waals surface area contributed by atoms with Crippen molar-refractivity contribution in [2.75, 3.05) is 19.0 Å². The Morgan fingerprint density at radius 2 is 2.33 bits per heavy atom. The third-order valence-electron chi connectivity index (χ3n) is 2.55. The largest absolute Gasteiger partial charge is 0.495 e. The first-order valence-electron chi connectivity index (χ1n) is 5.72. The average molecular weight is 328 g/mol. The van der Waals surface area contributed by atoms with Crippen LogP contribution in [-0.2, 0) is 0 Å². The fraction of sp³-hybridized carbons (Fsp3) is 0.167. The number of thiazole rings is 1. The molecule has 0 spiro atoms. The van der Waals surface area contributed by atoms with Gasteiger partial charge in [-0.2, -0.15) is 0 Å². The number of nitro groups is 1. The Balaban J connectivity index is 2.01. The lowest BCUT2D eigenvalue weighted by atomic mass is 10.1. The fourth-order valence-corrected chi connectivity index (χ4v) is 2.42. The van der Waals surface area contributed by atoms with Gasteiger partial charge in [-0.3, -0.25) is 14.9 Å². The first-order valence-corrected chi connectivity index (χ1v) is 6.91. The van der Waals surface area contributed by atoms with Crippen molar-refractivity contribution in [2.24, 2.45) is 0 Å². The van der Waals surface area contributed by atoms with Gasteiger partial charge in [0.2, 0.25) is 0 Å². The van der Waals surface area contributed by atoms with Crippen LogP contribution >= 0.6 is 22.9 Å². The van der Waals surface area contributed by atoms with Crippen molar-refractivity contribution < 1.29 is 14.5 Å². The molecular formula is C12H10ClN3O4S. The number of nitrogens with one attached hydrogen (secondary N) is 1. The van der Waals surface area contributed by atoms with Crippen molar-refractivity contribution in [3.05, 3.63) is 45.1 Å². The molecule has 0 aliphatic rings. The second kappa shape index (κ2) is 6.51. The first-order chi connectivity index (χ1) is 10.0. The van der Waals surface area contributed by atoms with Crippen LogP contribution in [0.4, 0.5) is 10.1 Å². The minimum atomic E-state index is -0.534. The average Bonchev–Trinajstić information content (AvgIpc) is 2.93. The molecule has 110 valence electrons. The second-order valence-corrected chi connectivity index (χ2v) is 5.30. The fourth-order valence-electron chi connectivity index (χ4n) is 1.53. The van der Waals surface area contributed by atoms with Crippen LogP contribution in [0, 0.1) is 10.1 Å². The maximum absolute atomic E-state index is 12.0.